The smallest absolute Gasteiger partial charge is 0.257 e. The molecule has 6 nitrogen and oxygen atoms in total. The zero-order valence-electron chi connectivity index (χ0n) is 13.1. The van der Waals surface area contributed by atoms with Gasteiger partial charge in [0.2, 0.25) is 0 Å². The highest BCUT2D eigenvalue weighted by molar-refractivity contribution is 6.05. The number of para-hydroxylation sites is 2. The van der Waals surface area contributed by atoms with Crippen molar-refractivity contribution >= 4 is 28.6 Å². The predicted molar refractivity (Wildman–Crippen MR) is 93.2 cm³/mol. The summed E-state index contributed by atoms with van der Waals surface area (Å²) in [4.78, 5) is 28.0. The molecule has 24 heavy (non-hydrogen) atoms. The van der Waals surface area contributed by atoms with Crippen LogP contribution in [0.4, 0.5) is 11.6 Å². The number of anilines is 2. The van der Waals surface area contributed by atoms with Gasteiger partial charge in [-0.25, -0.2) is 9.97 Å². The summed E-state index contributed by atoms with van der Waals surface area (Å²) in [5, 5.41) is 2.91. The molecule has 3 heterocycles. The lowest BCUT2D eigenvalue weighted by atomic mass is 10.2. The van der Waals surface area contributed by atoms with E-state index in [1.807, 2.05) is 24.3 Å². The fraction of sp³-hybridized carbons (Fsp3) is 0.222. The van der Waals surface area contributed by atoms with Crippen molar-refractivity contribution in [1.29, 1.82) is 0 Å². The summed E-state index contributed by atoms with van der Waals surface area (Å²) in [5.74, 6) is 1.05. The number of pyridine rings is 1. The summed E-state index contributed by atoms with van der Waals surface area (Å²) in [7, 11) is 0. The number of carbonyl (C=O) groups is 1. The Morgan fingerprint density at radius 1 is 0.958 bits per heavy atom. The molecule has 3 aromatic rings. The van der Waals surface area contributed by atoms with Crippen LogP contribution in [0.15, 0.2) is 48.8 Å². The molecule has 0 unspecified atom stereocenters. The molecule has 0 radical (unpaired) electrons. The molecule has 4 rings (SSSR count). The third kappa shape index (κ3) is 2.78. The Balaban J connectivity index is 1.74. The Kier molecular flexibility index (Phi) is 3.78. The van der Waals surface area contributed by atoms with Gasteiger partial charge < -0.3 is 10.2 Å². The molecule has 1 aliphatic heterocycles. The van der Waals surface area contributed by atoms with Gasteiger partial charge in [-0.15, -0.1) is 0 Å². The van der Waals surface area contributed by atoms with Gasteiger partial charge in [-0.1, -0.05) is 12.1 Å². The molecule has 1 N–H and O–H groups in total. The zero-order valence-corrected chi connectivity index (χ0v) is 13.1. The molecule has 0 spiro atoms. The normalized spacial score (nSPS) is 14.1. The van der Waals surface area contributed by atoms with E-state index >= 15 is 0 Å². The third-order valence-electron chi connectivity index (χ3n) is 4.13. The quantitative estimate of drug-likeness (QED) is 0.804. The van der Waals surface area contributed by atoms with Gasteiger partial charge in [0, 0.05) is 31.0 Å². The lowest BCUT2D eigenvalue weighted by molar-refractivity contribution is 0.102. The molecule has 120 valence electrons. The Morgan fingerprint density at radius 2 is 1.62 bits per heavy atom. The molecule has 0 aliphatic carbocycles. The highest BCUT2D eigenvalue weighted by Gasteiger charge is 2.21. The van der Waals surface area contributed by atoms with Crippen LogP contribution in [0.2, 0.25) is 0 Å². The van der Waals surface area contributed by atoms with Crippen molar-refractivity contribution in [3.8, 4) is 0 Å². The lowest BCUT2D eigenvalue weighted by Crippen LogP contribution is -2.23. The number of nitrogens with zero attached hydrogens (tertiary/aromatic N) is 4. The minimum atomic E-state index is -0.206. The van der Waals surface area contributed by atoms with Crippen LogP contribution in [0.1, 0.15) is 23.2 Å². The topological polar surface area (TPSA) is 71.0 Å². The maximum absolute atomic E-state index is 12.5. The van der Waals surface area contributed by atoms with Crippen molar-refractivity contribution in [2.45, 2.75) is 12.8 Å². The molecular weight excluding hydrogens is 302 g/mol. The maximum atomic E-state index is 12.5. The predicted octanol–water partition coefficient (Wildman–Crippen LogP) is 2.88. The molecule has 1 aromatic carbocycles. The van der Waals surface area contributed by atoms with E-state index in [0.29, 0.717) is 11.4 Å². The molecule has 2 aromatic heterocycles. The Labute approximate surface area is 139 Å². The van der Waals surface area contributed by atoms with Gasteiger partial charge in [-0.3, -0.25) is 9.78 Å². The van der Waals surface area contributed by atoms with Crippen LogP contribution in [-0.2, 0) is 0 Å². The van der Waals surface area contributed by atoms with Crippen LogP contribution in [0, 0.1) is 0 Å². The van der Waals surface area contributed by atoms with Crippen LogP contribution < -0.4 is 10.2 Å². The number of fused-ring (bicyclic) bond motifs is 1. The monoisotopic (exact) mass is 319 g/mol. The van der Waals surface area contributed by atoms with Gasteiger partial charge >= 0.3 is 0 Å². The molecule has 1 amide bonds. The molecule has 6 heteroatoms. The molecule has 1 saturated heterocycles. The van der Waals surface area contributed by atoms with Crippen molar-refractivity contribution in [3.05, 3.63) is 54.4 Å². The third-order valence-corrected chi connectivity index (χ3v) is 4.13. The van der Waals surface area contributed by atoms with E-state index in [9.17, 15) is 4.79 Å². The summed E-state index contributed by atoms with van der Waals surface area (Å²) in [6, 6.07) is 11.1. The molecule has 0 atom stereocenters. The largest absolute Gasteiger partial charge is 0.354 e. The van der Waals surface area contributed by atoms with E-state index in [1.165, 1.54) is 0 Å². The number of carbonyl (C=O) groups excluding carboxylic acids is 1. The van der Waals surface area contributed by atoms with Crippen molar-refractivity contribution in [1.82, 2.24) is 15.0 Å². The fourth-order valence-electron chi connectivity index (χ4n) is 2.91. The van der Waals surface area contributed by atoms with Gasteiger partial charge in [0.25, 0.3) is 5.91 Å². The average molecular weight is 319 g/mol. The lowest BCUT2D eigenvalue weighted by Gasteiger charge is -2.20. The summed E-state index contributed by atoms with van der Waals surface area (Å²) in [5.41, 5.74) is 2.15. The minimum absolute atomic E-state index is 0.206. The molecule has 1 aliphatic rings. The number of rotatable bonds is 3. The second kappa shape index (κ2) is 6.23. The second-order valence-electron chi connectivity index (χ2n) is 5.77. The first-order valence-electron chi connectivity index (χ1n) is 8.04. The van der Waals surface area contributed by atoms with Crippen molar-refractivity contribution in [2.24, 2.45) is 0 Å². The van der Waals surface area contributed by atoms with Gasteiger partial charge in [-0.2, -0.15) is 0 Å². The first kappa shape index (κ1) is 14.6. The van der Waals surface area contributed by atoms with E-state index in [4.69, 9.17) is 4.98 Å². The van der Waals surface area contributed by atoms with Gasteiger partial charge in [-0.05, 0) is 37.1 Å². The van der Waals surface area contributed by atoms with Crippen molar-refractivity contribution in [2.75, 3.05) is 23.3 Å². The Bertz CT molecular complexity index is 875. The SMILES string of the molecule is O=C(Nc1nc2ccccc2nc1N1CCCC1)c1ccncc1. The zero-order chi connectivity index (χ0) is 16.4. The van der Waals surface area contributed by atoms with E-state index < -0.39 is 0 Å². The van der Waals surface area contributed by atoms with Crippen LogP contribution in [0.3, 0.4) is 0 Å². The average Bonchev–Trinajstić information content (AvgIpc) is 3.16. The van der Waals surface area contributed by atoms with Crippen LogP contribution in [-0.4, -0.2) is 33.9 Å². The summed E-state index contributed by atoms with van der Waals surface area (Å²) in [6.45, 7) is 1.87. The number of nitrogens with one attached hydrogen (secondary N) is 1. The summed E-state index contributed by atoms with van der Waals surface area (Å²) < 4.78 is 0. The van der Waals surface area contributed by atoms with Gasteiger partial charge in [0.1, 0.15) is 0 Å². The van der Waals surface area contributed by atoms with Gasteiger partial charge in [0.05, 0.1) is 11.0 Å². The summed E-state index contributed by atoms with van der Waals surface area (Å²) >= 11 is 0. The van der Waals surface area contributed by atoms with E-state index in [2.05, 4.69) is 20.2 Å². The van der Waals surface area contributed by atoms with Crippen LogP contribution >= 0.6 is 0 Å². The Morgan fingerprint density at radius 3 is 2.33 bits per heavy atom. The number of hydrogen-bond acceptors (Lipinski definition) is 5. The van der Waals surface area contributed by atoms with Crippen LogP contribution in [0.5, 0.6) is 0 Å². The minimum Gasteiger partial charge on any atom is -0.354 e. The molecule has 1 fully saturated rings. The number of hydrogen-bond donors (Lipinski definition) is 1. The maximum Gasteiger partial charge on any atom is 0.257 e. The number of benzene rings is 1. The molecular formula is C18H17N5O. The molecule has 0 saturated carbocycles. The van der Waals surface area contributed by atoms with E-state index in [0.717, 1.165) is 42.8 Å². The first-order chi connectivity index (χ1) is 11.8. The standard InChI is InChI=1S/C18H17N5O/c24-18(13-7-9-19-10-8-13)22-16-17(23-11-3-4-12-23)21-15-6-2-1-5-14(15)20-16/h1-2,5-10H,3-4,11-12H2,(H,20,22,24). The van der Waals surface area contributed by atoms with Crippen LogP contribution in [0.25, 0.3) is 11.0 Å². The highest BCUT2D eigenvalue weighted by atomic mass is 16.1. The van der Waals surface area contributed by atoms with Gasteiger partial charge in [0.15, 0.2) is 11.6 Å². The fourth-order valence-corrected chi connectivity index (χ4v) is 2.91. The van der Waals surface area contributed by atoms with E-state index in [1.54, 1.807) is 24.5 Å². The van der Waals surface area contributed by atoms with Crippen molar-refractivity contribution < 1.29 is 4.79 Å². The second-order valence-corrected chi connectivity index (χ2v) is 5.77. The highest BCUT2D eigenvalue weighted by Crippen LogP contribution is 2.28. The van der Waals surface area contributed by atoms with Crippen molar-refractivity contribution in [3.63, 3.8) is 0 Å². The Hall–Kier alpha value is -3.02. The van der Waals surface area contributed by atoms with E-state index in [-0.39, 0.29) is 5.91 Å². The molecule has 0 bridgehead atoms. The number of amides is 1. The first-order valence-corrected chi connectivity index (χ1v) is 8.04. The number of aromatic nitrogens is 3. The summed E-state index contributed by atoms with van der Waals surface area (Å²) in [6.07, 6.45) is 5.46.